The first-order valence-corrected chi connectivity index (χ1v) is 10.3. The Morgan fingerprint density at radius 2 is 1.77 bits per heavy atom. The molecule has 8 heteroatoms. The van der Waals surface area contributed by atoms with Crippen molar-refractivity contribution in [1.82, 2.24) is 14.9 Å². The number of nitrogens with one attached hydrogen (secondary N) is 1. The molecule has 30 heavy (non-hydrogen) atoms. The summed E-state index contributed by atoms with van der Waals surface area (Å²) in [4.78, 5) is 37.2. The van der Waals surface area contributed by atoms with E-state index in [-0.39, 0.29) is 5.91 Å². The summed E-state index contributed by atoms with van der Waals surface area (Å²) in [6.45, 7) is 10.5. The number of aromatic nitrogens is 2. The van der Waals surface area contributed by atoms with E-state index in [1.807, 2.05) is 13.0 Å². The van der Waals surface area contributed by atoms with Gasteiger partial charge in [0.2, 0.25) is 11.8 Å². The van der Waals surface area contributed by atoms with Crippen LogP contribution >= 0.6 is 0 Å². The lowest BCUT2D eigenvalue weighted by Crippen LogP contribution is -2.47. The highest BCUT2D eigenvalue weighted by atomic mass is 16.2. The predicted octanol–water partition coefficient (Wildman–Crippen LogP) is 2.16. The number of nitrogens with two attached hydrogens (primary N) is 1. The van der Waals surface area contributed by atoms with Gasteiger partial charge in [0.1, 0.15) is 11.6 Å². The number of primary amides is 1. The van der Waals surface area contributed by atoms with Crippen LogP contribution in [0.2, 0.25) is 0 Å². The van der Waals surface area contributed by atoms with Crippen molar-refractivity contribution in [3.8, 4) is 0 Å². The molecule has 1 aromatic heterocycles. The Hall–Kier alpha value is -3.00. The maximum absolute atomic E-state index is 12.2. The van der Waals surface area contributed by atoms with E-state index >= 15 is 0 Å². The van der Waals surface area contributed by atoms with Gasteiger partial charge in [-0.3, -0.25) is 14.5 Å². The predicted molar refractivity (Wildman–Crippen MR) is 118 cm³/mol. The Kier molecular flexibility index (Phi) is 6.99. The molecule has 160 valence electrons. The molecule has 0 saturated carbocycles. The van der Waals surface area contributed by atoms with Crippen molar-refractivity contribution in [3.63, 3.8) is 0 Å². The van der Waals surface area contributed by atoms with Gasteiger partial charge in [-0.1, -0.05) is 13.8 Å². The zero-order valence-electron chi connectivity index (χ0n) is 17.9. The SMILES string of the molecule is Cc1cc(N2CCN(CCC(=O)Nc3ccc(C(N)=O)cc3)CC2)nc(C(C)C)n1. The second kappa shape index (κ2) is 9.67. The van der Waals surface area contributed by atoms with Crippen LogP contribution in [0.1, 0.15) is 48.1 Å². The van der Waals surface area contributed by atoms with E-state index in [9.17, 15) is 9.59 Å². The monoisotopic (exact) mass is 410 g/mol. The molecule has 1 aromatic carbocycles. The van der Waals surface area contributed by atoms with Crippen LogP contribution in [-0.2, 0) is 4.79 Å². The van der Waals surface area contributed by atoms with Gasteiger partial charge in [0, 0.05) is 68.1 Å². The molecule has 1 fully saturated rings. The van der Waals surface area contributed by atoms with Crippen LogP contribution in [0.5, 0.6) is 0 Å². The van der Waals surface area contributed by atoms with E-state index in [2.05, 4.69) is 33.9 Å². The highest BCUT2D eigenvalue weighted by Crippen LogP contribution is 2.19. The van der Waals surface area contributed by atoms with Gasteiger partial charge < -0.3 is 16.0 Å². The highest BCUT2D eigenvalue weighted by Gasteiger charge is 2.20. The summed E-state index contributed by atoms with van der Waals surface area (Å²) in [6, 6.07) is 8.63. The third kappa shape index (κ3) is 5.76. The molecule has 3 rings (SSSR count). The van der Waals surface area contributed by atoms with E-state index in [0.717, 1.165) is 43.5 Å². The second-order valence-corrected chi connectivity index (χ2v) is 7.95. The number of hydrogen-bond acceptors (Lipinski definition) is 6. The molecule has 1 aliphatic rings. The maximum Gasteiger partial charge on any atom is 0.248 e. The first-order chi connectivity index (χ1) is 14.3. The number of rotatable bonds is 7. The van der Waals surface area contributed by atoms with Gasteiger partial charge in [0.15, 0.2) is 0 Å². The van der Waals surface area contributed by atoms with Crippen LogP contribution < -0.4 is 16.0 Å². The smallest absolute Gasteiger partial charge is 0.248 e. The van der Waals surface area contributed by atoms with Gasteiger partial charge >= 0.3 is 0 Å². The minimum atomic E-state index is -0.482. The summed E-state index contributed by atoms with van der Waals surface area (Å²) in [5, 5.41) is 2.86. The Balaban J connectivity index is 1.46. The molecule has 0 spiro atoms. The van der Waals surface area contributed by atoms with Crippen molar-refractivity contribution in [3.05, 3.63) is 47.4 Å². The molecule has 0 unspecified atom stereocenters. The molecule has 0 radical (unpaired) electrons. The Labute approximate surface area is 177 Å². The number of benzene rings is 1. The lowest BCUT2D eigenvalue weighted by atomic mass is 10.2. The first-order valence-electron chi connectivity index (χ1n) is 10.3. The number of carbonyl (C=O) groups is 2. The van der Waals surface area contributed by atoms with Crippen molar-refractivity contribution in [2.24, 2.45) is 5.73 Å². The average Bonchev–Trinajstić information content (AvgIpc) is 2.72. The van der Waals surface area contributed by atoms with Gasteiger partial charge in [0.05, 0.1) is 0 Å². The number of piperazine rings is 1. The van der Waals surface area contributed by atoms with E-state index in [4.69, 9.17) is 10.7 Å². The van der Waals surface area contributed by atoms with E-state index in [1.54, 1.807) is 24.3 Å². The molecule has 0 atom stereocenters. The van der Waals surface area contributed by atoms with Gasteiger partial charge in [-0.05, 0) is 31.2 Å². The van der Waals surface area contributed by atoms with Crippen LogP contribution in [0.3, 0.4) is 0 Å². The molecule has 8 nitrogen and oxygen atoms in total. The van der Waals surface area contributed by atoms with Gasteiger partial charge in [0.25, 0.3) is 0 Å². The van der Waals surface area contributed by atoms with E-state index < -0.39 is 5.91 Å². The molecular weight excluding hydrogens is 380 g/mol. The summed E-state index contributed by atoms with van der Waals surface area (Å²) >= 11 is 0. The van der Waals surface area contributed by atoms with Crippen molar-refractivity contribution >= 4 is 23.3 Å². The molecule has 0 aliphatic carbocycles. The molecule has 1 aliphatic heterocycles. The molecule has 2 amide bonds. The molecule has 2 heterocycles. The van der Waals surface area contributed by atoms with Crippen LogP contribution in [-0.4, -0.2) is 59.4 Å². The van der Waals surface area contributed by atoms with Crippen LogP contribution in [0, 0.1) is 6.92 Å². The summed E-state index contributed by atoms with van der Waals surface area (Å²) < 4.78 is 0. The normalized spacial score (nSPS) is 14.7. The second-order valence-electron chi connectivity index (χ2n) is 7.95. The topological polar surface area (TPSA) is 104 Å². The highest BCUT2D eigenvalue weighted by molar-refractivity contribution is 5.94. The first kappa shape index (κ1) is 21.7. The largest absolute Gasteiger partial charge is 0.366 e. The van der Waals surface area contributed by atoms with Gasteiger partial charge in [-0.15, -0.1) is 0 Å². The number of anilines is 2. The van der Waals surface area contributed by atoms with Gasteiger partial charge in [-0.2, -0.15) is 0 Å². The lowest BCUT2D eigenvalue weighted by Gasteiger charge is -2.35. The minimum absolute atomic E-state index is 0.0442. The standard InChI is InChI=1S/C22H30N6O2/c1-15(2)22-24-16(3)14-19(26-22)28-12-10-27(11-13-28)9-8-20(29)25-18-6-4-17(5-7-18)21(23)30/h4-7,14-15H,8-13H2,1-3H3,(H2,23,30)(H,25,29). The summed E-state index contributed by atoms with van der Waals surface area (Å²) in [5.41, 5.74) is 7.30. The fourth-order valence-corrected chi connectivity index (χ4v) is 3.40. The average molecular weight is 411 g/mol. The zero-order chi connectivity index (χ0) is 21.7. The quantitative estimate of drug-likeness (QED) is 0.725. The van der Waals surface area contributed by atoms with E-state index in [1.165, 1.54) is 0 Å². The number of hydrogen-bond donors (Lipinski definition) is 2. The third-order valence-electron chi connectivity index (χ3n) is 5.18. The molecule has 0 bridgehead atoms. The molecule has 1 saturated heterocycles. The number of amides is 2. The van der Waals surface area contributed by atoms with E-state index in [0.29, 0.717) is 30.1 Å². The van der Waals surface area contributed by atoms with Crippen LogP contribution in [0.15, 0.2) is 30.3 Å². The molecule has 3 N–H and O–H groups in total. The maximum atomic E-state index is 12.2. The number of carbonyl (C=O) groups excluding carboxylic acids is 2. The fraction of sp³-hybridized carbons (Fsp3) is 0.455. The van der Waals surface area contributed by atoms with Crippen LogP contribution in [0.4, 0.5) is 11.5 Å². The Morgan fingerprint density at radius 3 is 2.37 bits per heavy atom. The fourth-order valence-electron chi connectivity index (χ4n) is 3.40. The Bertz CT molecular complexity index is 889. The summed E-state index contributed by atoms with van der Waals surface area (Å²) in [7, 11) is 0. The van der Waals surface area contributed by atoms with Crippen LogP contribution in [0.25, 0.3) is 0 Å². The van der Waals surface area contributed by atoms with Crippen molar-refractivity contribution in [2.75, 3.05) is 42.9 Å². The van der Waals surface area contributed by atoms with Gasteiger partial charge in [-0.25, -0.2) is 9.97 Å². The Morgan fingerprint density at radius 1 is 1.10 bits per heavy atom. The van der Waals surface area contributed by atoms with Crippen molar-refractivity contribution in [1.29, 1.82) is 0 Å². The molecule has 2 aromatic rings. The lowest BCUT2D eigenvalue weighted by molar-refractivity contribution is -0.116. The zero-order valence-corrected chi connectivity index (χ0v) is 17.9. The molecular formula is C22H30N6O2. The minimum Gasteiger partial charge on any atom is -0.366 e. The number of nitrogens with zero attached hydrogens (tertiary/aromatic N) is 4. The van der Waals surface area contributed by atoms with Crippen molar-refractivity contribution < 1.29 is 9.59 Å². The number of aryl methyl sites for hydroxylation is 1. The van der Waals surface area contributed by atoms with Crippen molar-refractivity contribution in [2.45, 2.75) is 33.1 Å². The third-order valence-corrected chi connectivity index (χ3v) is 5.18. The summed E-state index contributed by atoms with van der Waals surface area (Å²) in [5.74, 6) is 1.65. The summed E-state index contributed by atoms with van der Waals surface area (Å²) in [6.07, 6.45) is 0.418.